The third-order valence-electron chi connectivity index (χ3n) is 4.86. The second-order valence-electron chi connectivity index (χ2n) is 7.28. The molecule has 5 heteroatoms. The number of aryl methyl sites for hydroxylation is 2. The van der Waals surface area contributed by atoms with Crippen molar-refractivity contribution in [2.75, 3.05) is 4.90 Å². The smallest absolute Gasteiger partial charge is 0.268 e. The number of amides is 2. The molecule has 0 radical (unpaired) electrons. The maximum absolute atomic E-state index is 13.5. The zero-order valence-electron chi connectivity index (χ0n) is 16.7. The summed E-state index contributed by atoms with van der Waals surface area (Å²) in [6.07, 6.45) is 0. The minimum absolute atomic E-state index is 0.320. The number of benzene rings is 3. The Labute approximate surface area is 179 Å². The summed E-state index contributed by atoms with van der Waals surface area (Å²) in [6, 6.07) is 21.1. The molecule has 4 rings (SSSR count). The third-order valence-corrected chi connectivity index (χ3v) is 6.01. The number of carbonyl (C=O) groups excluding carboxylic acids is 2. The molecule has 0 saturated carbocycles. The van der Waals surface area contributed by atoms with Crippen LogP contribution in [0.4, 0.5) is 10.1 Å². The number of rotatable bonds is 5. The van der Waals surface area contributed by atoms with Gasteiger partial charge >= 0.3 is 0 Å². The number of hydrogen-bond donors (Lipinski definition) is 0. The average molecular weight is 418 g/mol. The maximum Gasteiger partial charge on any atom is 0.272 e. The van der Waals surface area contributed by atoms with Crippen molar-refractivity contribution in [3.05, 3.63) is 106 Å². The van der Waals surface area contributed by atoms with Crippen molar-refractivity contribution in [3.8, 4) is 0 Å². The van der Waals surface area contributed by atoms with Gasteiger partial charge < -0.3 is 0 Å². The fraction of sp³-hybridized carbons (Fsp3) is 0.120. The van der Waals surface area contributed by atoms with Crippen LogP contribution in [0.25, 0.3) is 5.57 Å². The van der Waals surface area contributed by atoms with Crippen molar-refractivity contribution in [2.45, 2.75) is 19.6 Å². The summed E-state index contributed by atoms with van der Waals surface area (Å²) in [7, 11) is 0. The van der Waals surface area contributed by atoms with Gasteiger partial charge in [-0.1, -0.05) is 48.5 Å². The van der Waals surface area contributed by atoms with Crippen molar-refractivity contribution >= 4 is 34.8 Å². The molecule has 3 aromatic rings. The van der Waals surface area contributed by atoms with Crippen LogP contribution in [-0.2, 0) is 15.3 Å². The van der Waals surface area contributed by atoms with Crippen LogP contribution in [0.5, 0.6) is 0 Å². The first kappa shape index (κ1) is 20.1. The highest BCUT2D eigenvalue weighted by molar-refractivity contribution is 8.03. The SMILES string of the molecule is Cc1cc(C)cc(N2C(=O)C(SCc3ccccc3)=C(c3ccc(F)cc3)C2=O)c1. The van der Waals surface area contributed by atoms with Crippen molar-refractivity contribution in [3.63, 3.8) is 0 Å². The Kier molecular flexibility index (Phi) is 5.55. The number of halogens is 1. The summed E-state index contributed by atoms with van der Waals surface area (Å²) in [5.74, 6) is -0.557. The molecular weight excluding hydrogens is 397 g/mol. The van der Waals surface area contributed by atoms with Gasteiger partial charge in [0.1, 0.15) is 5.82 Å². The van der Waals surface area contributed by atoms with Crippen LogP contribution in [0.15, 0.2) is 77.7 Å². The molecule has 30 heavy (non-hydrogen) atoms. The van der Waals surface area contributed by atoms with Crippen LogP contribution >= 0.6 is 11.8 Å². The summed E-state index contributed by atoms with van der Waals surface area (Å²) in [6.45, 7) is 3.86. The minimum atomic E-state index is -0.388. The van der Waals surface area contributed by atoms with Gasteiger partial charge in [0.05, 0.1) is 16.2 Å². The van der Waals surface area contributed by atoms with Crippen molar-refractivity contribution in [1.29, 1.82) is 0 Å². The molecule has 1 aliphatic heterocycles. The van der Waals surface area contributed by atoms with E-state index in [-0.39, 0.29) is 17.6 Å². The number of thioether (sulfide) groups is 1. The second kappa shape index (κ2) is 8.28. The van der Waals surface area contributed by atoms with E-state index in [1.54, 1.807) is 12.1 Å². The lowest BCUT2D eigenvalue weighted by atomic mass is 10.1. The molecule has 0 bridgehead atoms. The summed E-state index contributed by atoms with van der Waals surface area (Å²) in [5.41, 5.74) is 4.41. The maximum atomic E-state index is 13.5. The van der Waals surface area contributed by atoms with Crippen LogP contribution in [-0.4, -0.2) is 11.8 Å². The predicted octanol–water partition coefficient (Wildman–Crippen LogP) is 5.66. The number of nitrogens with zero attached hydrogens (tertiary/aromatic N) is 1. The van der Waals surface area contributed by atoms with E-state index in [9.17, 15) is 14.0 Å². The Balaban J connectivity index is 1.76. The third kappa shape index (κ3) is 3.94. The first-order valence-electron chi connectivity index (χ1n) is 9.58. The van der Waals surface area contributed by atoms with Crippen LogP contribution in [0.2, 0.25) is 0 Å². The fourth-order valence-electron chi connectivity index (χ4n) is 3.56. The molecule has 2 amide bonds. The predicted molar refractivity (Wildman–Crippen MR) is 119 cm³/mol. The fourth-order valence-corrected chi connectivity index (χ4v) is 4.63. The molecular formula is C25H20FNO2S. The number of anilines is 1. The molecule has 0 unspecified atom stereocenters. The summed E-state index contributed by atoms with van der Waals surface area (Å²) in [4.78, 5) is 28.4. The van der Waals surface area contributed by atoms with E-state index in [0.29, 0.717) is 27.5 Å². The number of carbonyl (C=O) groups is 2. The lowest BCUT2D eigenvalue weighted by molar-refractivity contribution is -0.119. The highest BCUT2D eigenvalue weighted by atomic mass is 32.2. The van der Waals surface area contributed by atoms with Gasteiger partial charge in [0, 0.05) is 5.75 Å². The van der Waals surface area contributed by atoms with E-state index in [0.717, 1.165) is 16.7 Å². The standard InChI is InChI=1S/C25H20FNO2S/c1-16-12-17(2)14-21(13-16)27-24(28)22(19-8-10-20(26)11-9-19)23(25(27)29)30-15-18-6-4-3-5-7-18/h3-14H,15H2,1-2H3. The lowest BCUT2D eigenvalue weighted by Crippen LogP contribution is -2.31. The monoisotopic (exact) mass is 417 g/mol. The van der Waals surface area contributed by atoms with Gasteiger partial charge in [-0.3, -0.25) is 9.59 Å². The van der Waals surface area contributed by atoms with Gasteiger partial charge in [0.2, 0.25) is 0 Å². The van der Waals surface area contributed by atoms with Gasteiger partial charge in [0.25, 0.3) is 11.8 Å². The van der Waals surface area contributed by atoms with Crippen LogP contribution < -0.4 is 4.90 Å². The highest BCUT2D eigenvalue weighted by Crippen LogP contribution is 2.40. The first-order valence-corrected chi connectivity index (χ1v) is 10.6. The average Bonchev–Trinajstić information content (AvgIpc) is 2.96. The van der Waals surface area contributed by atoms with E-state index < -0.39 is 0 Å². The van der Waals surface area contributed by atoms with E-state index >= 15 is 0 Å². The number of imide groups is 1. The Hall–Kier alpha value is -3.18. The van der Waals surface area contributed by atoms with Gasteiger partial charge in [-0.05, 0) is 60.4 Å². The van der Waals surface area contributed by atoms with Crippen LogP contribution in [0.3, 0.4) is 0 Å². The molecule has 1 heterocycles. The van der Waals surface area contributed by atoms with E-state index in [4.69, 9.17) is 0 Å². The zero-order valence-corrected chi connectivity index (χ0v) is 17.5. The van der Waals surface area contributed by atoms with Crippen LogP contribution in [0.1, 0.15) is 22.3 Å². The quantitative estimate of drug-likeness (QED) is 0.503. The van der Waals surface area contributed by atoms with E-state index in [1.165, 1.54) is 28.8 Å². The zero-order chi connectivity index (χ0) is 21.3. The molecule has 0 N–H and O–H groups in total. The summed E-state index contributed by atoms with van der Waals surface area (Å²) < 4.78 is 13.5. The van der Waals surface area contributed by atoms with Gasteiger partial charge in [-0.25, -0.2) is 9.29 Å². The Morgan fingerprint density at radius 1 is 0.833 bits per heavy atom. The Morgan fingerprint density at radius 2 is 1.47 bits per heavy atom. The van der Waals surface area contributed by atoms with Gasteiger partial charge in [0.15, 0.2) is 0 Å². The molecule has 0 aromatic heterocycles. The largest absolute Gasteiger partial charge is 0.272 e. The molecule has 0 spiro atoms. The molecule has 0 saturated heterocycles. The molecule has 150 valence electrons. The molecule has 0 atom stereocenters. The second-order valence-corrected chi connectivity index (χ2v) is 8.26. The van der Waals surface area contributed by atoms with E-state index in [1.807, 2.05) is 62.4 Å². The number of hydrogen-bond acceptors (Lipinski definition) is 3. The summed E-state index contributed by atoms with van der Waals surface area (Å²) in [5, 5.41) is 0. The minimum Gasteiger partial charge on any atom is -0.268 e. The molecule has 0 fully saturated rings. The normalized spacial score (nSPS) is 14.0. The van der Waals surface area contributed by atoms with Gasteiger partial charge in [-0.2, -0.15) is 0 Å². The summed E-state index contributed by atoms with van der Waals surface area (Å²) >= 11 is 1.34. The highest BCUT2D eigenvalue weighted by Gasteiger charge is 2.40. The Morgan fingerprint density at radius 3 is 2.10 bits per heavy atom. The van der Waals surface area contributed by atoms with Gasteiger partial charge in [-0.15, -0.1) is 11.8 Å². The van der Waals surface area contributed by atoms with Crippen molar-refractivity contribution < 1.29 is 14.0 Å². The lowest BCUT2D eigenvalue weighted by Gasteiger charge is -2.16. The topological polar surface area (TPSA) is 37.4 Å². The Bertz CT molecular complexity index is 1130. The molecule has 3 aromatic carbocycles. The van der Waals surface area contributed by atoms with Crippen molar-refractivity contribution in [2.24, 2.45) is 0 Å². The molecule has 1 aliphatic rings. The molecule has 3 nitrogen and oxygen atoms in total. The molecule has 0 aliphatic carbocycles. The van der Waals surface area contributed by atoms with Crippen LogP contribution in [0, 0.1) is 19.7 Å². The van der Waals surface area contributed by atoms with Crippen molar-refractivity contribution in [1.82, 2.24) is 0 Å². The van der Waals surface area contributed by atoms with E-state index in [2.05, 4.69) is 0 Å². The first-order chi connectivity index (χ1) is 14.4.